The Bertz CT molecular complexity index is 1100. The Labute approximate surface area is 174 Å². The number of nitriles is 1. The van der Waals surface area contributed by atoms with Crippen LogP contribution in [0.4, 0.5) is 0 Å². The molecule has 152 valence electrons. The van der Waals surface area contributed by atoms with Gasteiger partial charge in [0.1, 0.15) is 12.5 Å². The van der Waals surface area contributed by atoms with Crippen molar-refractivity contribution in [2.24, 2.45) is 5.92 Å². The molecule has 30 heavy (non-hydrogen) atoms. The van der Waals surface area contributed by atoms with Crippen molar-refractivity contribution in [3.05, 3.63) is 70.9 Å². The van der Waals surface area contributed by atoms with Gasteiger partial charge in [0.25, 0.3) is 0 Å². The van der Waals surface area contributed by atoms with E-state index in [1.165, 1.54) is 0 Å². The van der Waals surface area contributed by atoms with E-state index < -0.39 is 5.92 Å². The number of nitrogens with one attached hydrogen (secondary N) is 2. The van der Waals surface area contributed by atoms with E-state index in [4.69, 9.17) is 19.6 Å². The van der Waals surface area contributed by atoms with Crippen molar-refractivity contribution in [1.82, 2.24) is 10.2 Å². The van der Waals surface area contributed by atoms with E-state index in [2.05, 4.69) is 16.3 Å². The molecular weight excluding hydrogens is 380 g/mol. The van der Waals surface area contributed by atoms with Crippen LogP contribution in [0.1, 0.15) is 35.2 Å². The number of hydrogen-bond donors (Lipinski definition) is 2. The molecule has 0 spiro atoms. The average molecular weight is 402 g/mol. The second kappa shape index (κ2) is 8.29. The molecular formula is C23H22N4O3. The fourth-order valence-corrected chi connectivity index (χ4v) is 3.68. The summed E-state index contributed by atoms with van der Waals surface area (Å²) in [6.45, 7) is 4.70. The first-order valence-electron chi connectivity index (χ1n) is 9.76. The van der Waals surface area contributed by atoms with Crippen molar-refractivity contribution < 1.29 is 14.2 Å². The summed E-state index contributed by atoms with van der Waals surface area (Å²) in [6, 6.07) is 17.8. The highest BCUT2D eigenvalue weighted by atomic mass is 16.5. The number of ether oxygens (including phenoxy) is 3. The van der Waals surface area contributed by atoms with E-state index in [0.29, 0.717) is 30.6 Å². The number of aromatic amines is 1. The van der Waals surface area contributed by atoms with Crippen LogP contribution in [0.2, 0.25) is 0 Å². The molecule has 2 N–H and O–H groups in total. The van der Waals surface area contributed by atoms with Gasteiger partial charge >= 0.3 is 0 Å². The van der Waals surface area contributed by atoms with Gasteiger partial charge in [0.15, 0.2) is 11.5 Å². The van der Waals surface area contributed by atoms with E-state index >= 15 is 0 Å². The van der Waals surface area contributed by atoms with Crippen molar-refractivity contribution in [1.29, 1.82) is 10.7 Å². The van der Waals surface area contributed by atoms with Crippen molar-refractivity contribution in [3.8, 4) is 23.4 Å². The van der Waals surface area contributed by atoms with E-state index in [9.17, 15) is 5.26 Å². The minimum Gasteiger partial charge on any atom is -0.490 e. The first-order chi connectivity index (χ1) is 14.6. The van der Waals surface area contributed by atoms with Crippen molar-refractivity contribution in [2.75, 3.05) is 6.61 Å². The average Bonchev–Trinajstić information content (AvgIpc) is 3.12. The second-order valence-electron chi connectivity index (χ2n) is 7.03. The van der Waals surface area contributed by atoms with E-state index in [0.717, 1.165) is 22.4 Å². The van der Waals surface area contributed by atoms with Gasteiger partial charge in [-0.2, -0.15) is 5.26 Å². The van der Waals surface area contributed by atoms with Gasteiger partial charge in [-0.3, -0.25) is 10.5 Å². The van der Waals surface area contributed by atoms with Crippen LogP contribution in [0.15, 0.2) is 48.5 Å². The third-order valence-corrected chi connectivity index (χ3v) is 5.10. The Morgan fingerprint density at radius 1 is 1.17 bits per heavy atom. The normalized spacial score (nSPS) is 17.6. The summed E-state index contributed by atoms with van der Waals surface area (Å²) >= 11 is 0. The lowest BCUT2D eigenvalue weighted by Gasteiger charge is -2.28. The first-order valence-corrected chi connectivity index (χ1v) is 9.76. The summed E-state index contributed by atoms with van der Waals surface area (Å²) in [4.78, 5) is 0. The predicted octanol–water partition coefficient (Wildman–Crippen LogP) is 4.34. The van der Waals surface area contributed by atoms with Crippen molar-refractivity contribution in [3.63, 3.8) is 0 Å². The van der Waals surface area contributed by atoms with Gasteiger partial charge in [0, 0.05) is 17.2 Å². The molecule has 0 fully saturated rings. The second-order valence-corrected chi connectivity index (χ2v) is 7.03. The largest absolute Gasteiger partial charge is 0.490 e. The molecule has 7 nitrogen and oxygen atoms in total. The topological polar surface area (TPSA) is 104 Å². The van der Waals surface area contributed by atoms with E-state index in [-0.39, 0.29) is 11.8 Å². The molecule has 0 radical (unpaired) electrons. The van der Waals surface area contributed by atoms with Gasteiger partial charge in [-0.05, 0) is 37.1 Å². The van der Waals surface area contributed by atoms with Crippen LogP contribution in [0, 0.1) is 29.6 Å². The quantitative estimate of drug-likeness (QED) is 0.638. The van der Waals surface area contributed by atoms with Gasteiger partial charge in [-0.25, -0.2) is 0 Å². The van der Waals surface area contributed by atoms with Crippen LogP contribution in [0.3, 0.4) is 0 Å². The fraction of sp³-hybridized carbons (Fsp3) is 0.261. The molecule has 0 aliphatic carbocycles. The molecule has 1 aliphatic rings. The van der Waals surface area contributed by atoms with Crippen LogP contribution in [-0.4, -0.2) is 22.7 Å². The maximum Gasteiger partial charge on any atom is 0.243 e. The summed E-state index contributed by atoms with van der Waals surface area (Å²) in [5.74, 6) is 0.333. The van der Waals surface area contributed by atoms with Crippen LogP contribution >= 0.6 is 0 Å². The van der Waals surface area contributed by atoms with Gasteiger partial charge in [-0.15, -0.1) is 5.10 Å². The van der Waals surface area contributed by atoms with Crippen molar-refractivity contribution >= 4 is 5.90 Å². The number of aryl methyl sites for hydroxylation is 1. The Hall–Kier alpha value is -3.79. The maximum atomic E-state index is 9.73. The van der Waals surface area contributed by atoms with E-state index in [1.54, 1.807) is 0 Å². The molecule has 7 heteroatoms. The van der Waals surface area contributed by atoms with Gasteiger partial charge < -0.3 is 14.2 Å². The Kier molecular flexibility index (Phi) is 5.40. The van der Waals surface area contributed by atoms with Crippen molar-refractivity contribution in [2.45, 2.75) is 26.4 Å². The zero-order valence-corrected chi connectivity index (χ0v) is 16.8. The number of nitrogens with zero attached hydrogens (tertiary/aromatic N) is 2. The number of fused-ring (bicyclic) bond motifs is 1. The SMILES string of the molecule is CCOc1cc(C2c3c(n[nH]c3C)OC(=N)C2C#N)ccc1OCc1ccccc1. The smallest absolute Gasteiger partial charge is 0.243 e. The number of benzene rings is 2. The highest BCUT2D eigenvalue weighted by Crippen LogP contribution is 2.44. The number of rotatable bonds is 6. The van der Waals surface area contributed by atoms with Crippen LogP contribution in [-0.2, 0) is 6.61 Å². The standard InChI is InChI=1S/C23H22N4O3/c1-3-28-19-11-16(9-10-18(19)29-13-15-7-5-4-6-8-15)21-17(12-24)22(25)30-23-20(21)14(2)26-27-23/h4-11,17,21,25H,3,13H2,1-2H3,(H,26,27). The van der Waals surface area contributed by atoms with Crippen LogP contribution in [0.25, 0.3) is 0 Å². The minimum atomic E-state index is -0.751. The molecule has 2 aromatic carbocycles. The summed E-state index contributed by atoms with van der Waals surface area (Å²) in [5, 5.41) is 24.9. The molecule has 1 aliphatic heterocycles. The zero-order valence-electron chi connectivity index (χ0n) is 16.8. The highest BCUT2D eigenvalue weighted by molar-refractivity contribution is 5.84. The monoisotopic (exact) mass is 402 g/mol. The Morgan fingerprint density at radius 3 is 2.70 bits per heavy atom. The molecule has 0 saturated heterocycles. The van der Waals surface area contributed by atoms with Crippen LogP contribution in [0.5, 0.6) is 17.4 Å². The zero-order chi connectivity index (χ0) is 21.1. The lowest BCUT2D eigenvalue weighted by molar-refractivity contribution is 0.269. The number of aromatic nitrogens is 2. The molecule has 1 aromatic heterocycles. The molecule has 0 amide bonds. The maximum absolute atomic E-state index is 9.73. The third-order valence-electron chi connectivity index (χ3n) is 5.10. The summed E-state index contributed by atoms with van der Waals surface area (Å²) < 4.78 is 17.3. The van der Waals surface area contributed by atoms with Gasteiger partial charge in [-0.1, -0.05) is 36.4 Å². The fourth-order valence-electron chi connectivity index (χ4n) is 3.68. The molecule has 3 aromatic rings. The van der Waals surface area contributed by atoms with Gasteiger partial charge in [0.05, 0.1) is 12.7 Å². The predicted molar refractivity (Wildman–Crippen MR) is 111 cm³/mol. The lowest BCUT2D eigenvalue weighted by atomic mass is 9.79. The highest BCUT2D eigenvalue weighted by Gasteiger charge is 2.40. The molecule has 4 rings (SSSR count). The molecule has 0 bridgehead atoms. The molecule has 0 saturated carbocycles. The Balaban J connectivity index is 1.70. The number of H-pyrrole nitrogens is 1. The lowest BCUT2D eigenvalue weighted by Crippen LogP contribution is -2.31. The molecule has 2 atom stereocenters. The Morgan fingerprint density at radius 2 is 1.97 bits per heavy atom. The van der Waals surface area contributed by atoms with Crippen LogP contribution < -0.4 is 14.2 Å². The van der Waals surface area contributed by atoms with Gasteiger partial charge in [0.2, 0.25) is 11.8 Å². The molecule has 2 unspecified atom stereocenters. The summed E-state index contributed by atoms with van der Waals surface area (Å²) in [5.41, 5.74) is 3.50. The number of hydrogen-bond acceptors (Lipinski definition) is 6. The molecule has 2 heterocycles. The minimum absolute atomic E-state index is 0.108. The first kappa shape index (κ1) is 19.5. The summed E-state index contributed by atoms with van der Waals surface area (Å²) in [7, 11) is 0. The summed E-state index contributed by atoms with van der Waals surface area (Å²) in [6.07, 6.45) is 0. The third kappa shape index (κ3) is 3.60. The van der Waals surface area contributed by atoms with E-state index in [1.807, 2.05) is 62.4 Å².